The zero-order valence-corrected chi connectivity index (χ0v) is 39.1. The van der Waals surface area contributed by atoms with Gasteiger partial charge < -0.3 is 33.9 Å². The number of aliphatic hydroxyl groups is 1. The summed E-state index contributed by atoms with van der Waals surface area (Å²) in [6.07, 6.45) is 6.46. The number of rotatable bonds is 12. The predicted molar refractivity (Wildman–Crippen MR) is 259 cm³/mol. The number of ether oxygens (including phenoxy) is 4. The van der Waals surface area contributed by atoms with Gasteiger partial charge in [0.2, 0.25) is 11.8 Å². The van der Waals surface area contributed by atoms with E-state index in [0.717, 1.165) is 77.6 Å². The average Bonchev–Trinajstić information content (AvgIpc) is 3.64. The van der Waals surface area contributed by atoms with E-state index in [-0.39, 0.29) is 33.6 Å². The molecule has 0 amide bonds. The van der Waals surface area contributed by atoms with Crippen LogP contribution in [0.3, 0.4) is 0 Å². The number of pyridine rings is 2. The largest absolute Gasteiger partial charge is 0.480 e. The third-order valence-electron chi connectivity index (χ3n) is 12.3. The van der Waals surface area contributed by atoms with Crippen molar-refractivity contribution >= 4 is 50.1 Å². The van der Waals surface area contributed by atoms with Crippen LogP contribution in [0.15, 0.2) is 96.3 Å². The Kier molecular flexibility index (Phi) is 14.2. The quantitative estimate of drug-likeness (QED) is 0.120. The van der Waals surface area contributed by atoms with Crippen LogP contribution in [-0.4, -0.2) is 123 Å². The lowest BCUT2D eigenvalue weighted by Crippen LogP contribution is -2.36. The van der Waals surface area contributed by atoms with E-state index in [1.165, 1.54) is 25.6 Å². The Hall–Kier alpha value is -6.63. The van der Waals surface area contributed by atoms with Crippen molar-refractivity contribution in [1.29, 1.82) is 0 Å². The fourth-order valence-corrected chi connectivity index (χ4v) is 8.92. The van der Waals surface area contributed by atoms with Gasteiger partial charge >= 0.3 is 5.69 Å². The van der Waals surface area contributed by atoms with Gasteiger partial charge in [-0.3, -0.25) is 14.1 Å². The zero-order chi connectivity index (χ0) is 47.3. The minimum absolute atomic E-state index is 0.000891. The van der Waals surface area contributed by atoms with Crippen molar-refractivity contribution in [3.05, 3.63) is 124 Å². The zero-order valence-electron chi connectivity index (χ0n) is 38.3. The second-order valence-electron chi connectivity index (χ2n) is 16.9. The summed E-state index contributed by atoms with van der Waals surface area (Å²) in [7, 11) is 7.40. The molecule has 0 spiro atoms. The lowest BCUT2D eigenvalue weighted by Gasteiger charge is -2.29. The van der Waals surface area contributed by atoms with Crippen molar-refractivity contribution < 1.29 is 28.4 Å². The minimum Gasteiger partial charge on any atom is -0.480 e. The number of fused-ring (bicyclic) bond motifs is 4. The van der Waals surface area contributed by atoms with E-state index >= 15 is 4.39 Å². The first-order chi connectivity index (χ1) is 33.1. The van der Waals surface area contributed by atoms with Gasteiger partial charge in [0.25, 0.3) is 0 Å². The van der Waals surface area contributed by atoms with Crippen molar-refractivity contribution in [3.8, 4) is 34.1 Å². The number of hydrogen-bond acceptors (Lipinski definition) is 14. The first-order valence-corrected chi connectivity index (χ1v) is 22.9. The minimum atomic E-state index is -1.22. The highest BCUT2D eigenvalue weighted by molar-refractivity contribution is 6.31. The maximum Gasteiger partial charge on any atom is 0.329 e. The van der Waals surface area contributed by atoms with Crippen LogP contribution in [0.4, 0.5) is 10.1 Å². The number of aromatic nitrogens is 8. The van der Waals surface area contributed by atoms with Gasteiger partial charge in [-0.1, -0.05) is 17.7 Å². The summed E-state index contributed by atoms with van der Waals surface area (Å²) < 4.78 is 40.5. The summed E-state index contributed by atoms with van der Waals surface area (Å²) in [4.78, 5) is 35.4. The van der Waals surface area contributed by atoms with Gasteiger partial charge in [0, 0.05) is 102 Å². The Morgan fingerprint density at radius 3 is 2.37 bits per heavy atom. The van der Waals surface area contributed by atoms with Gasteiger partial charge in [-0.05, 0) is 93.5 Å². The van der Waals surface area contributed by atoms with E-state index in [9.17, 15) is 9.90 Å². The molecule has 10 rings (SSSR count). The number of aryl methyl sites for hydroxylation is 1. The summed E-state index contributed by atoms with van der Waals surface area (Å²) in [6, 6.07) is 21.9. The van der Waals surface area contributed by atoms with Crippen LogP contribution < -0.4 is 20.1 Å². The van der Waals surface area contributed by atoms with E-state index in [1.54, 1.807) is 22.9 Å². The number of halogens is 2. The van der Waals surface area contributed by atoms with Gasteiger partial charge in [-0.15, -0.1) is 10.2 Å². The maximum absolute atomic E-state index is 15.1. The van der Waals surface area contributed by atoms with Gasteiger partial charge in [-0.2, -0.15) is 0 Å². The predicted octanol–water partition coefficient (Wildman–Crippen LogP) is 7.44. The van der Waals surface area contributed by atoms with Crippen molar-refractivity contribution in [2.45, 2.75) is 31.4 Å². The molecule has 8 aromatic rings. The van der Waals surface area contributed by atoms with E-state index in [4.69, 9.17) is 30.5 Å². The standard InChI is InChI=1S/C26H31N5O3.C24H21ClFN5O3/c1-29(2)11-4-12-34-24-8-6-19(16-28-24)18-5-7-22-21(15-18)25-23(17-27-22)30(3)26(32)31(25)20-9-13-33-14-10-20;1-33-22-5-4-20(29-30-22)24(32)16-11-17(19(26)12-18(16)25)23-15-3-2-14(10-21(15)27-13-28-23)31-6-8-34-9-7-31/h5-8,15-17,20H,4,9-14H2,1-3H3;2-5,10-13,24,32H,6-9H2,1H3/t;24-/m.0/s1. The fourth-order valence-electron chi connectivity index (χ4n) is 8.66. The normalized spacial score (nSPS) is 14.9. The second-order valence-corrected chi connectivity index (χ2v) is 17.4. The number of nitrogens with zero attached hydrogens (tertiary/aromatic N) is 10. The fraction of sp³-hybridized carbons (Fsp3) is 0.340. The molecule has 3 aromatic carbocycles. The van der Waals surface area contributed by atoms with Crippen LogP contribution >= 0.6 is 11.6 Å². The monoisotopic (exact) mass is 942 g/mol. The number of hydrogen-bond donors (Lipinski definition) is 1. The first kappa shape index (κ1) is 46.5. The van der Waals surface area contributed by atoms with Crippen molar-refractivity contribution in [3.63, 3.8) is 0 Å². The Bertz CT molecular complexity index is 3100. The van der Waals surface area contributed by atoms with Crippen LogP contribution in [0.5, 0.6) is 11.8 Å². The van der Waals surface area contributed by atoms with Crippen molar-refractivity contribution in [1.82, 2.24) is 44.2 Å². The third kappa shape index (κ3) is 9.84. The lowest BCUT2D eigenvalue weighted by atomic mass is 9.99. The highest BCUT2D eigenvalue weighted by Crippen LogP contribution is 2.37. The Balaban J connectivity index is 0.000000170. The summed E-state index contributed by atoms with van der Waals surface area (Å²) in [6.45, 7) is 5.92. The van der Waals surface area contributed by atoms with Crippen molar-refractivity contribution in [2.75, 3.05) is 78.8 Å². The number of methoxy groups -OCH3 is 1. The SMILES string of the molecule is CN(C)CCCOc1ccc(-c2ccc3ncc4c(c3c2)n(C2CCOCC2)c(=O)n4C)cn1.COc1ccc([C@@H](O)c2cc(-c3ncnc4cc(N5CCOCC5)ccc34)c(F)cc2Cl)nn1. The van der Waals surface area contributed by atoms with Crippen LogP contribution in [0.2, 0.25) is 5.02 Å². The molecule has 16 nitrogen and oxygen atoms in total. The number of imidazole rings is 1. The van der Waals surface area contributed by atoms with E-state index in [1.807, 2.05) is 54.2 Å². The van der Waals surface area contributed by atoms with Gasteiger partial charge in [0.05, 0.1) is 66.6 Å². The summed E-state index contributed by atoms with van der Waals surface area (Å²) >= 11 is 6.30. The molecule has 2 saturated heterocycles. The molecule has 2 aliphatic heterocycles. The molecule has 1 atom stereocenters. The number of aliphatic hydroxyl groups excluding tert-OH is 1. The second kappa shape index (κ2) is 20.7. The number of morpholine rings is 1. The number of anilines is 1. The molecule has 0 unspecified atom stereocenters. The molecular weight excluding hydrogens is 891 g/mol. The highest BCUT2D eigenvalue weighted by Gasteiger charge is 2.25. The van der Waals surface area contributed by atoms with E-state index in [0.29, 0.717) is 61.4 Å². The molecule has 0 saturated carbocycles. The Morgan fingerprint density at radius 1 is 0.853 bits per heavy atom. The topological polar surface area (TPSA) is 168 Å². The Morgan fingerprint density at radius 2 is 1.63 bits per heavy atom. The summed E-state index contributed by atoms with van der Waals surface area (Å²) in [5, 5.41) is 20.5. The van der Waals surface area contributed by atoms with Crippen molar-refractivity contribution in [2.24, 2.45) is 7.05 Å². The van der Waals surface area contributed by atoms with Crippen LogP contribution in [0.25, 0.3) is 55.2 Å². The summed E-state index contributed by atoms with van der Waals surface area (Å²) in [5.74, 6) is 0.383. The smallest absolute Gasteiger partial charge is 0.329 e. The number of benzene rings is 3. The molecule has 7 heterocycles. The molecular formula is C50H52ClFN10O6. The highest BCUT2D eigenvalue weighted by atomic mass is 35.5. The Labute approximate surface area is 396 Å². The lowest BCUT2D eigenvalue weighted by molar-refractivity contribution is 0.0697. The molecule has 2 fully saturated rings. The maximum atomic E-state index is 15.1. The third-order valence-corrected chi connectivity index (χ3v) is 12.7. The van der Waals surface area contributed by atoms with Crippen LogP contribution in [0.1, 0.15) is 42.7 Å². The molecule has 2 aliphatic rings. The molecule has 0 radical (unpaired) electrons. The molecule has 352 valence electrons. The first-order valence-electron chi connectivity index (χ1n) is 22.5. The van der Waals surface area contributed by atoms with E-state index in [2.05, 4.69) is 66.2 Å². The van der Waals surface area contributed by atoms with Gasteiger partial charge in [0.1, 0.15) is 18.2 Å². The van der Waals surface area contributed by atoms with Crippen LogP contribution in [0, 0.1) is 5.82 Å². The molecule has 5 aromatic heterocycles. The molecule has 0 bridgehead atoms. The molecule has 1 N–H and O–H groups in total. The molecule has 68 heavy (non-hydrogen) atoms. The van der Waals surface area contributed by atoms with Gasteiger partial charge in [0.15, 0.2) is 0 Å². The summed E-state index contributed by atoms with van der Waals surface area (Å²) in [5.41, 5.74) is 7.54. The van der Waals surface area contributed by atoms with Crippen LogP contribution in [-0.2, 0) is 16.5 Å². The average molecular weight is 943 g/mol. The van der Waals surface area contributed by atoms with Gasteiger partial charge in [-0.25, -0.2) is 24.1 Å². The molecule has 0 aliphatic carbocycles. The molecule has 18 heteroatoms. The van der Waals surface area contributed by atoms with E-state index < -0.39 is 11.9 Å².